The number of carbonyl (C=O) groups excluding carboxylic acids is 2. The third-order valence-electron chi connectivity index (χ3n) is 5.33. The molecule has 0 fully saturated rings. The van der Waals surface area contributed by atoms with E-state index in [1.165, 1.54) is 0 Å². The third kappa shape index (κ3) is 6.91. The molecule has 0 radical (unpaired) electrons. The van der Waals surface area contributed by atoms with Gasteiger partial charge in [-0.3, -0.25) is 14.6 Å². The molecule has 0 spiro atoms. The molecular formula is C27H35N3O3. The van der Waals surface area contributed by atoms with E-state index < -0.39 is 0 Å². The van der Waals surface area contributed by atoms with Gasteiger partial charge in [0, 0.05) is 43.2 Å². The predicted octanol–water partition coefficient (Wildman–Crippen LogP) is 5.79. The van der Waals surface area contributed by atoms with Crippen LogP contribution in [0.3, 0.4) is 0 Å². The van der Waals surface area contributed by atoms with E-state index in [2.05, 4.69) is 39.6 Å². The number of hydrogen-bond acceptors (Lipinski definition) is 4. The molecule has 6 heteroatoms. The van der Waals surface area contributed by atoms with Crippen molar-refractivity contribution in [2.75, 3.05) is 24.5 Å². The van der Waals surface area contributed by atoms with Gasteiger partial charge in [0.1, 0.15) is 5.58 Å². The predicted molar refractivity (Wildman–Crippen MR) is 132 cm³/mol. The highest BCUT2D eigenvalue weighted by Crippen LogP contribution is 2.23. The number of carbonyl (C=O) groups is 2. The Labute approximate surface area is 196 Å². The van der Waals surface area contributed by atoms with Crippen LogP contribution in [0.2, 0.25) is 0 Å². The highest BCUT2D eigenvalue weighted by Gasteiger charge is 2.23. The Morgan fingerprint density at radius 1 is 1.09 bits per heavy atom. The van der Waals surface area contributed by atoms with Crippen molar-refractivity contribution in [1.29, 1.82) is 0 Å². The summed E-state index contributed by atoms with van der Waals surface area (Å²) in [5.41, 5.74) is 2.03. The second-order valence-corrected chi connectivity index (χ2v) is 10.2. The number of pyridine rings is 1. The summed E-state index contributed by atoms with van der Waals surface area (Å²) < 4.78 is 5.41. The van der Waals surface area contributed by atoms with E-state index in [1.54, 1.807) is 29.6 Å². The van der Waals surface area contributed by atoms with E-state index in [0.717, 1.165) is 16.7 Å². The fraction of sp³-hybridized carbons (Fsp3) is 0.444. The Hall–Kier alpha value is -3.15. The number of nitrogens with zero attached hydrogens (tertiary/aromatic N) is 3. The summed E-state index contributed by atoms with van der Waals surface area (Å²) >= 11 is 0. The molecule has 0 atom stereocenters. The standard InChI is InChI=1S/C27H35N3O3/c1-20(2)19-29(25(31)17-27(3,4)5)13-7-14-30(23-8-6-12-28-18-23)26(32)22-9-10-24-21(16-22)11-15-33-24/h6,8-12,15-16,18,20H,7,13-14,17,19H2,1-5H3. The lowest BCUT2D eigenvalue weighted by atomic mass is 9.91. The molecule has 176 valence electrons. The molecule has 2 heterocycles. The lowest BCUT2D eigenvalue weighted by molar-refractivity contribution is -0.133. The molecule has 0 saturated heterocycles. The van der Waals surface area contributed by atoms with E-state index in [0.29, 0.717) is 44.0 Å². The number of rotatable bonds is 9. The summed E-state index contributed by atoms with van der Waals surface area (Å²) in [5, 5.41) is 0.892. The largest absolute Gasteiger partial charge is 0.464 e. The molecular weight excluding hydrogens is 414 g/mol. The van der Waals surface area contributed by atoms with Gasteiger partial charge in [-0.2, -0.15) is 0 Å². The van der Waals surface area contributed by atoms with Gasteiger partial charge in [0.25, 0.3) is 5.91 Å². The lowest BCUT2D eigenvalue weighted by Gasteiger charge is -2.29. The molecule has 3 rings (SSSR count). The summed E-state index contributed by atoms with van der Waals surface area (Å²) in [7, 11) is 0. The number of hydrogen-bond donors (Lipinski definition) is 0. The van der Waals surface area contributed by atoms with Crippen molar-refractivity contribution in [3.8, 4) is 0 Å². The average molecular weight is 450 g/mol. The van der Waals surface area contributed by atoms with E-state index >= 15 is 0 Å². The van der Waals surface area contributed by atoms with Crippen LogP contribution in [0.5, 0.6) is 0 Å². The van der Waals surface area contributed by atoms with Crippen LogP contribution in [-0.2, 0) is 4.79 Å². The minimum Gasteiger partial charge on any atom is -0.464 e. The van der Waals surface area contributed by atoms with Crippen molar-refractivity contribution < 1.29 is 14.0 Å². The molecule has 0 bridgehead atoms. The summed E-state index contributed by atoms with van der Waals surface area (Å²) in [6.45, 7) is 12.3. The molecule has 2 amide bonds. The van der Waals surface area contributed by atoms with Gasteiger partial charge in [-0.05, 0) is 54.2 Å². The highest BCUT2D eigenvalue weighted by molar-refractivity contribution is 6.07. The van der Waals surface area contributed by atoms with Gasteiger partial charge >= 0.3 is 0 Å². The summed E-state index contributed by atoms with van der Waals surface area (Å²) in [5.74, 6) is 0.454. The second kappa shape index (κ2) is 10.6. The van der Waals surface area contributed by atoms with Gasteiger partial charge in [0.15, 0.2) is 0 Å². The zero-order valence-corrected chi connectivity index (χ0v) is 20.4. The minimum absolute atomic E-state index is 0.0598. The van der Waals surface area contributed by atoms with Crippen LogP contribution in [0.25, 0.3) is 11.0 Å². The Bertz CT molecular complexity index is 1070. The number of fused-ring (bicyclic) bond motifs is 1. The topological polar surface area (TPSA) is 66.7 Å². The quantitative estimate of drug-likeness (QED) is 0.415. The molecule has 0 aliphatic rings. The smallest absolute Gasteiger partial charge is 0.258 e. The van der Waals surface area contributed by atoms with Crippen LogP contribution >= 0.6 is 0 Å². The molecule has 0 aliphatic heterocycles. The Balaban J connectivity index is 1.76. The molecule has 0 N–H and O–H groups in total. The maximum absolute atomic E-state index is 13.5. The highest BCUT2D eigenvalue weighted by atomic mass is 16.3. The number of benzene rings is 1. The van der Waals surface area contributed by atoms with Crippen LogP contribution in [0.4, 0.5) is 5.69 Å². The van der Waals surface area contributed by atoms with Gasteiger partial charge in [-0.1, -0.05) is 34.6 Å². The van der Waals surface area contributed by atoms with Crippen LogP contribution in [-0.4, -0.2) is 41.3 Å². The van der Waals surface area contributed by atoms with Crippen molar-refractivity contribution in [2.24, 2.45) is 11.3 Å². The first-order valence-electron chi connectivity index (χ1n) is 11.6. The molecule has 33 heavy (non-hydrogen) atoms. The van der Waals surface area contributed by atoms with Crippen LogP contribution in [0.1, 0.15) is 57.8 Å². The number of amides is 2. The van der Waals surface area contributed by atoms with Gasteiger partial charge < -0.3 is 14.2 Å². The maximum atomic E-state index is 13.5. The first kappa shape index (κ1) is 24.5. The van der Waals surface area contributed by atoms with E-state index in [4.69, 9.17) is 4.42 Å². The fourth-order valence-electron chi connectivity index (χ4n) is 3.86. The molecule has 1 aromatic carbocycles. The summed E-state index contributed by atoms with van der Waals surface area (Å²) in [6, 6.07) is 11.0. The maximum Gasteiger partial charge on any atom is 0.258 e. The average Bonchev–Trinajstić information content (AvgIpc) is 3.22. The first-order chi connectivity index (χ1) is 15.6. The summed E-state index contributed by atoms with van der Waals surface area (Å²) in [4.78, 5) is 34.3. The summed E-state index contributed by atoms with van der Waals surface area (Å²) in [6.07, 6.45) is 6.20. The Morgan fingerprint density at radius 2 is 1.88 bits per heavy atom. The van der Waals surface area contributed by atoms with Gasteiger partial charge in [0.2, 0.25) is 5.91 Å². The van der Waals surface area contributed by atoms with Crippen LogP contribution in [0.15, 0.2) is 59.5 Å². The molecule has 3 aromatic rings. The SMILES string of the molecule is CC(C)CN(CCCN(C(=O)c1ccc2occc2c1)c1cccnc1)C(=O)CC(C)(C)C. The van der Waals surface area contributed by atoms with E-state index in [1.807, 2.05) is 35.2 Å². The van der Waals surface area contributed by atoms with Crippen molar-refractivity contribution in [3.05, 3.63) is 60.6 Å². The Kier molecular flexibility index (Phi) is 7.90. The number of aromatic nitrogens is 1. The third-order valence-corrected chi connectivity index (χ3v) is 5.33. The van der Waals surface area contributed by atoms with E-state index in [-0.39, 0.29) is 17.2 Å². The number of furan rings is 1. The van der Waals surface area contributed by atoms with Crippen molar-refractivity contribution >= 4 is 28.5 Å². The van der Waals surface area contributed by atoms with E-state index in [9.17, 15) is 9.59 Å². The second-order valence-electron chi connectivity index (χ2n) is 10.2. The van der Waals surface area contributed by atoms with Gasteiger partial charge in [-0.25, -0.2) is 0 Å². The molecule has 0 unspecified atom stereocenters. The zero-order valence-electron chi connectivity index (χ0n) is 20.4. The van der Waals surface area contributed by atoms with Crippen LogP contribution < -0.4 is 4.90 Å². The molecule has 0 aliphatic carbocycles. The van der Waals surface area contributed by atoms with Crippen molar-refractivity contribution in [1.82, 2.24) is 9.88 Å². The van der Waals surface area contributed by atoms with Crippen molar-refractivity contribution in [3.63, 3.8) is 0 Å². The van der Waals surface area contributed by atoms with Gasteiger partial charge in [0.05, 0.1) is 18.1 Å². The normalized spacial score (nSPS) is 11.7. The number of anilines is 1. The van der Waals surface area contributed by atoms with Crippen molar-refractivity contribution in [2.45, 2.75) is 47.5 Å². The monoisotopic (exact) mass is 449 g/mol. The van der Waals surface area contributed by atoms with Crippen LogP contribution in [0, 0.1) is 11.3 Å². The molecule has 0 saturated carbocycles. The minimum atomic E-state index is -0.0949. The Morgan fingerprint density at radius 3 is 2.55 bits per heavy atom. The first-order valence-corrected chi connectivity index (χ1v) is 11.6. The zero-order chi connectivity index (χ0) is 24.0. The fourth-order valence-corrected chi connectivity index (χ4v) is 3.86. The molecule has 2 aromatic heterocycles. The lowest BCUT2D eigenvalue weighted by Crippen LogP contribution is -2.39. The van der Waals surface area contributed by atoms with Gasteiger partial charge in [-0.15, -0.1) is 0 Å². The molecule has 6 nitrogen and oxygen atoms in total.